The lowest BCUT2D eigenvalue weighted by molar-refractivity contribution is -0.141. The summed E-state index contributed by atoms with van der Waals surface area (Å²) in [5.41, 5.74) is 0.0780. The fraction of sp³-hybridized carbons (Fsp3) is 0.421. The van der Waals surface area contributed by atoms with Crippen LogP contribution in [0.1, 0.15) is 12.1 Å². The molecule has 156 valence electrons. The highest BCUT2D eigenvalue weighted by molar-refractivity contribution is 5.79. The van der Waals surface area contributed by atoms with Crippen LogP contribution in [0.2, 0.25) is 0 Å². The van der Waals surface area contributed by atoms with Gasteiger partial charge < -0.3 is 15.1 Å². The molecule has 0 bridgehead atoms. The summed E-state index contributed by atoms with van der Waals surface area (Å²) in [7, 11) is 0. The second-order valence-electron chi connectivity index (χ2n) is 6.70. The molecule has 29 heavy (non-hydrogen) atoms. The van der Waals surface area contributed by atoms with E-state index in [2.05, 4.69) is 15.3 Å². The van der Waals surface area contributed by atoms with E-state index in [1.807, 2.05) is 30.3 Å². The SMILES string of the molecule is O=C(Cn1ccc(C(F)(F)F)n1)NCCC(=O)N1CCN(c2ccccc2)CC1. The number of piperazine rings is 1. The Hall–Kier alpha value is -3.04. The van der Waals surface area contributed by atoms with Crippen molar-refractivity contribution >= 4 is 17.5 Å². The van der Waals surface area contributed by atoms with Crippen LogP contribution in [0.4, 0.5) is 18.9 Å². The lowest BCUT2D eigenvalue weighted by atomic mass is 10.2. The molecule has 3 rings (SSSR count). The van der Waals surface area contributed by atoms with E-state index in [0.717, 1.165) is 35.7 Å². The lowest BCUT2D eigenvalue weighted by Crippen LogP contribution is -2.49. The van der Waals surface area contributed by atoms with Crippen molar-refractivity contribution in [3.63, 3.8) is 0 Å². The Balaban J connectivity index is 1.37. The smallest absolute Gasteiger partial charge is 0.368 e. The Morgan fingerprint density at radius 1 is 1.03 bits per heavy atom. The molecule has 0 spiro atoms. The van der Waals surface area contributed by atoms with Crippen LogP contribution in [-0.2, 0) is 22.3 Å². The number of anilines is 1. The first-order chi connectivity index (χ1) is 13.8. The summed E-state index contributed by atoms with van der Waals surface area (Å²) in [6.07, 6.45) is -3.30. The number of para-hydroxylation sites is 1. The first-order valence-corrected chi connectivity index (χ1v) is 9.28. The Kier molecular flexibility index (Phi) is 6.40. The lowest BCUT2D eigenvalue weighted by Gasteiger charge is -2.36. The van der Waals surface area contributed by atoms with Gasteiger partial charge in [0.05, 0.1) is 0 Å². The van der Waals surface area contributed by atoms with Crippen molar-refractivity contribution in [3.8, 4) is 0 Å². The first-order valence-electron chi connectivity index (χ1n) is 9.28. The first kappa shape index (κ1) is 20.7. The maximum atomic E-state index is 12.5. The van der Waals surface area contributed by atoms with Gasteiger partial charge in [-0.3, -0.25) is 14.3 Å². The van der Waals surface area contributed by atoms with Gasteiger partial charge in [0.1, 0.15) is 6.54 Å². The number of rotatable bonds is 6. The summed E-state index contributed by atoms with van der Waals surface area (Å²) in [4.78, 5) is 28.1. The molecule has 1 N–H and O–H groups in total. The highest BCUT2D eigenvalue weighted by atomic mass is 19.4. The zero-order valence-corrected chi connectivity index (χ0v) is 15.7. The Bertz CT molecular complexity index is 830. The largest absolute Gasteiger partial charge is 0.435 e. The number of hydrogen-bond donors (Lipinski definition) is 1. The van der Waals surface area contributed by atoms with Crippen LogP contribution in [-0.4, -0.2) is 59.2 Å². The molecule has 2 amide bonds. The molecule has 0 atom stereocenters. The molecule has 0 unspecified atom stereocenters. The quantitative estimate of drug-likeness (QED) is 0.789. The van der Waals surface area contributed by atoms with Crippen molar-refractivity contribution in [2.75, 3.05) is 37.6 Å². The molecule has 1 aliphatic heterocycles. The molecule has 2 aromatic rings. The van der Waals surface area contributed by atoms with Gasteiger partial charge in [0.2, 0.25) is 11.8 Å². The standard InChI is InChI=1S/C19H22F3N5O2/c20-19(21,22)16-7-9-27(24-16)14-17(28)23-8-6-18(29)26-12-10-25(11-13-26)15-4-2-1-3-5-15/h1-5,7,9H,6,8,10-14H2,(H,23,28). The second kappa shape index (κ2) is 8.97. The molecule has 1 aromatic heterocycles. The average Bonchev–Trinajstić information content (AvgIpc) is 3.17. The van der Waals surface area contributed by atoms with Gasteiger partial charge >= 0.3 is 6.18 Å². The summed E-state index contributed by atoms with van der Waals surface area (Å²) in [6.45, 7) is 2.49. The zero-order valence-electron chi connectivity index (χ0n) is 15.7. The van der Waals surface area contributed by atoms with Crippen LogP contribution in [0.5, 0.6) is 0 Å². The zero-order chi connectivity index (χ0) is 20.9. The fourth-order valence-corrected chi connectivity index (χ4v) is 3.12. The van der Waals surface area contributed by atoms with Crippen molar-refractivity contribution in [1.82, 2.24) is 20.0 Å². The van der Waals surface area contributed by atoms with Crippen LogP contribution >= 0.6 is 0 Å². The third-order valence-corrected chi connectivity index (χ3v) is 4.65. The van der Waals surface area contributed by atoms with Crippen molar-refractivity contribution < 1.29 is 22.8 Å². The summed E-state index contributed by atoms with van der Waals surface area (Å²) in [5, 5.41) is 5.87. The van der Waals surface area contributed by atoms with E-state index in [-0.39, 0.29) is 25.4 Å². The van der Waals surface area contributed by atoms with Crippen LogP contribution in [0.25, 0.3) is 0 Å². The molecule has 0 aliphatic carbocycles. The molecule has 1 saturated heterocycles. The van der Waals surface area contributed by atoms with Gasteiger partial charge in [0.25, 0.3) is 0 Å². The number of nitrogens with one attached hydrogen (secondary N) is 1. The maximum Gasteiger partial charge on any atom is 0.435 e. The van der Waals surface area contributed by atoms with Gasteiger partial charge in [0.15, 0.2) is 5.69 Å². The maximum absolute atomic E-state index is 12.5. The molecule has 7 nitrogen and oxygen atoms in total. The topological polar surface area (TPSA) is 70.5 Å². The number of hydrogen-bond acceptors (Lipinski definition) is 4. The number of halogens is 3. The number of amides is 2. The normalized spacial score (nSPS) is 14.7. The number of carbonyl (C=O) groups is 2. The number of alkyl halides is 3. The Morgan fingerprint density at radius 3 is 2.34 bits per heavy atom. The molecule has 0 saturated carbocycles. The van der Waals surface area contributed by atoms with Crippen molar-refractivity contribution in [2.45, 2.75) is 19.1 Å². The van der Waals surface area contributed by atoms with Gasteiger partial charge in [-0.15, -0.1) is 0 Å². The van der Waals surface area contributed by atoms with Gasteiger partial charge in [0, 0.05) is 51.0 Å². The Labute approximate surface area is 166 Å². The van der Waals surface area contributed by atoms with Gasteiger partial charge in [-0.05, 0) is 18.2 Å². The monoisotopic (exact) mass is 409 g/mol. The number of aromatic nitrogens is 2. The minimum Gasteiger partial charge on any atom is -0.368 e. The minimum absolute atomic E-state index is 0.0588. The Morgan fingerprint density at radius 2 is 1.72 bits per heavy atom. The average molecular weight is 409 g/mol. The van der Waals surface area contributed by atoms with E-state index in [1.54, 1.807) is 4.90 Å². The molecule has 1 aliphatic rings. The summed E-state index contributed by atoms with van der Waals surface area (Å²) >= 11 is 0. The molecule has 2 heterocycles. The molecule has 0 radical (unpaired) electrons. The predicted molar refractivity (Wildman–Crippen MR) is 100 cm³/mol. The molecule has 1 fully saturated rings. The van der Waals surface area contributed by atoms with Crippen LogP contribution in [0.3, 0.4) is 0 Å². The third-order valence-electron chi connectivity index (χ3n) is 4.65. The van der Waals surface area contributed by atoms with Crippen molar-refractivity contribution in [3.05, 3.63) is 48.3 Å². The van der Waals surface area contributed by atoms with E-state index in [9.17, 15) is 22.8 Å². The minimum atomic E-state index is -4.54. The molecule has 1 aromatic carbocycles. The van der Waals surface area contributed by atoms with Crippen molar-refractivity contribution in [2.24, 2.45) is 0 Å². The summed E-state index contributed by atoms with van der Waals surface area (Å²) in [6, 6.07) is 10.8. The van der Waals surface area contributed by atoms with Crippen LogP contribution in [0.15, 0.2) is 42.6 Å². The van der Waals surface area contributed by atoms with Gasteiger partial charge in [-0.1, -0.05) is 18.2 Å². The van der Waals surface area contributed by atoms with Gasteiger partial charge in [-0.25, -0.2) is 0 Å². The van der Waals surface area contributed by atoms with Crippen LogP contribution < -0.4 is 10.2 Å². The summed E-state index contributed by atoms with van der Waals surface area (Å²) in [5.74, 6) is -0.556. The van der Waals surface area contributed by atoms with E-state index in [4.69, 9.17) is 0 Å². The van der Waals surface area contributed by atoms with E-state index < -0.39 is 17.8 Å². The second-order valence-corrected chi connectivity index (χ2v) is 6.70. The van der Waals surface area contributed by atoms with E-state index in [0.29, 0.717) is 13.1 Å². The third kappa shape index (κ3) is 5.72. The number of benzene rings is 1. The molecule has 10 heteroatoms. The number of carbonyl (C=O) groups excluding carboxylic acids is 2. The number of nitrogens with zero attached hydrogens (tertiary/aromatic N) is 4. The van der Waals surface area contributed by atoms with E-state index >= 15 is 0 Å². The van der Waals surface area contributed by atoms with Crippen molar-refractivity contribution in [1.29, 1.82) is 0 Å². The highest BCUT2D eigenvalue weighted by Gasteiger charge is 2.33. The highest BCUT2D eigenvalue weighted by Crippen LogP contribution is 2.27. The van der Waals surface area contributed by atoms with Crippen LogP contribution in [0, 0.1) is 0 Å². The fourth-order valence-electron chi connectivity index (χ4n) is 3.12. The molecular formula is C19H22F3N5O2. The molecular weight excluding hydrogens is 387 g/mol. The van der Waals surface area contributed by atoms with E-state index in [1.165, 1.54) is 0 Å². The van der Waals surface area contributed by atoms with Gasteiger partial charge in [-0.2, -0.15) is 18.3 Å². The summed E-state index contributed by atoms with van der Waals surface area (Å²) < 4.78 is 38.4. The predicted octanol–water partition coefficient (Wildman–Crippen LogP) is 1.76.